The second-order valence-corrected chi connectivity index (χ2v) is 4.45. The maximum Gasteiger partial charge on any atom is 0.274 e. The molecule has 0 amide bonds. The summed E-state index contributed by atoms with van der Waals surface area (Å²) in [6.07, 6.45) is 0. The Morgan fingerprint density at radius 1 is 1.18 bits per heavy atom. The Morgan fingerprint density at radius 2 is 1.82 bits per heavy atom. The molecule has 2 aromatic rings. The summed E-state index contributed by atoms with van der Waals surface area (Å²) in [6.45, 7) is 6.03. The zero-order valence-corrected chi connectivity index (χ0v) is 10.3. The molecule has 0 saturated heterocycles. The fourth-order valence-electron chi connectivity index (χ4n) is 1.90. The van der Waals surface area contributed by atoms with Crippen LogP contribution in [0, 0.1) is 6.92 Å². The van der Waals surface area contributed by atoms with Crippen molar-refractivity contribution < 1.29 is 0 Å². The fourth-order valence-corrected chi connectivity index (χ4v) is 1.90. The highest BCUT2D eigenvalue weighted by Crippen LogP contribution is 2.18. The summed E-state index contributed by atoms with van der Waals surface area (Å²) in [4.78, 5) is 19.3. The van der Waals surface area contributed by atoms with E-state index in [0.29, 0.717) is 11.6 Å². The van der Waals surface area contributed by atoms with Crippen molar-refractivity contribution in [3.63, 3.8) is 0 Å². The molecule has 0 radical (unpaired) electrons. The zero-order chi connectivity index (χ0) is 12.4. The lowest BCUT2D eigenvalue weighted by molar-refractivity contribution is 0.792. The molecule has 88 valence electrons. The summed E-state index contributed by atoms with van der Waals surface area (Å²) in [5, 5.41) is 0. The Balaban J connectivity index is 2.63. The van der Waals surface area contributed by atoms with E-state index in [1.807, 2.05) is 37.3 Å². The maximum absolute atomic E-state index is 11.9. The first-order chi connectivity index (χ1) is 8.09. The van der Waals surface area contributed by atoms with Gasteiger partial charge >= 0.3 is 0 Å². The van der Waals surface area contributed by atoms with E-state index < -0.39 is 0 Å². The zero-order valence-electron chi connectivity index (χ0n) is 10.3. The Kier molecular flexibility index (Phi) is 3.09. The van der Waals surface area contributed by atoms with E-state index in [1.54, 1.807) is 0 Å². The van der Waals surface area contributed by atoms with Crippen LogP contribution in [-0.4, -0.2) is 9.97 Å². The van der Waals surface area contributed by atoms with Crippen LogP contribution in [0.1, 0.15) is 31.2 Å². The molecule has 1 aromatic carbocycles. The van der Waals surface area contributed by atoms with Crippen molar-refractivity contribution in [1.29, 1.82) is 0 Å². The minimum Gasteiger partial charge on any atom is -0.323 e. The van der Waals surface area contributed by atoms with Crippen molar-refractivity contribution >= 4 is 0 Å². The number of nitrogens with zero attached hydrogens (tertiary/aromatic N) is 1. The van der Waals surface area contributed by atoms with E-state index in [4.69, 9.17) is 0 Å². The predicted molar refractivity (Wildman–Crippen MR) is 69.1 cm³/mol. The second kappa shape index (κ2) is 4.53. The average Bonchev–Trinajstić information content (AvgIpc) is 2.29. The molecule has 0 bridgehead atoms. The summed E-state index contributed by atoms with van der Waals surface area (Å²) in [5.74, 6) is 0.300. The first-order valence-corrected chi connectivity index (χ1v) is 5.76. The Morgan fingerprint density at radius 3 is 2.41 bits per heavy atom. The number of hydrogen-bond donors (Lipinski definition) is 1. The SMILES string of the molecule is Cc1[nH]c(=O)c(-c2ccccc2)nc1C(C)C. The lowest BCUT2D eigenvalue weighted by Gasteiger charge is -2.10. The molecule has 0 aliphatic carbocycles. The highest BCUT2D eigenvalue weighted by Gasteiger charge is 2.11. The maximum atomic E-state index is 11.9. The molecule has 0 atom stereocenters. The summed E-state index contributed by atoms with van der Waals surface area (Å²) in [5.41, 5.74) is 3.03. The molecule has 1 aromatic heterocycles. The summed E-state index contributed by atoms with van der Waals surface area (Å²) in [7, 11) is 0. The number of rotatable bonds is 2. The molecule has 0 aliphatic rings. The number of nitrogens with one attached hydrogen (secondary N) is 1. The third-order valence-electron chi connectivity index (χ3n) is 2.73. The lowest BCUT2D eigenvalue weighted by atomic mass is 10.1. The number of hydrogen-bond acceptors (Lipinski definition) is 2. The molecule has 1 heterocycles. The van der Waals surface area contributed by atoms with Gasteiger partial charge in [-0.05, 0) is 12.8 Å². The van der Waals surface area contributed by atoms with Crippen molar-refractivity contribution in [3.8, 4) is 11.3 Å². The topological polar surface area (TPSA) is 45.8 Å². The first-order valence-electron chi connectivity index (χ1n) is 5.76. The van der Waals surface area contributed by atoms with Gasteiger partial charge in [0.2, 0.25) is 0 Å². The highest BCUT2D eigenvalue weighted by molar-refractivity contribution is 5.58. The highest BCUT2D eigenvalue weighted by atomic mass is 16.1. The van der Waals surface area contributed by atoms with Crippen molar-refractivity contribution in [1.82, 2.24) is 9.97 Å². The molecule has 1 N–H and O–H groups in total. The van der Waals surface area contributed by atoms with Crippen LogP contribution >= 0.6 is 0 Å². The molecule has 0 unspecified atom stereocenters. The molecule has 17 heavy (non-hydrogen) atoms. The van der Waals surface area contributed by atoms with E-state index in [1.165, 1.54) is 0 Å². The number of aromatic amines is 1. The van der Waals surface area contributed by atoms with E-state index in [0.717, 1.165) is 17.0 Å². The third kappa shape index (κ3) is 2.28. The van der Waals surface area contributed by atoms with Crippen molar-refractivity contribution in [2.75, 3.05) is 0 Å². The summed E-state index contributed by atoms with van der Waals surface area (Å²) < 4.78 is 0. The van der Waals surface area contributed by atoms with E-state index in [9.17, 15) is 4.79 Å². The van der Waals surface area contributed by atoms with E-state index in [2.05, 4.69) is 23.8 Å². The predicted octanol–water partition coefficient (Wildman–Crippen LogP) is 2.87. The quantitative estimate of drug-likeness (QED) is 0.859. The fraction of sp³-hybridized carbons (Fsp3) is 0.286. The molecule has 0 fully saturated rings. The van der Waals surface area contributed by atoms with Crippen LogP contribution in [0.3, 0.4) is 0 Å². The van der Waals surface area contributed by atoms with Gasteiger partial charge in [0.1, 0.15) is 5.69 Å². The molecular formula is C14H16N2O. The molecule has 0 saturated carbocycles. The van der Waals surface area contributed by atoms with Gasteiger partial charge in [-0.15, -0.1) is 0 Å². The number of aryl methyl sites for hydroxylation is 1. The van der Waals surface area contributed by atoms with Crippen LogP contribution in [0.15, 0.2) is 35.1 Å². The monoisotopic (exact) mass is 228 g/mol. The molecule has 3 heteroatoms. The molecule has 0 aliphatic heterocycles. The van der Waals surface area contributed by atoms with Gasteiger partial charge < -0.3 is 4.98 Å². The molecule has 3 nitrogen and oxygen atoms in total. The molecule has 2 rings (SSSR count). The van der Waals surface area contributed by atoms with Crippen molar-refractivity contribution in [3.05, 3.63) is 52.1 Å². The van der Waals surface area contributed by atoms with Gasteiger partial charge in [0.05, 0.1) is 5.69 Å². The number of H-pyrrole nitrogens is 1. The Hall–Kier alpha value is -1.90. The van der Waals surface area contributed by atoms with Crippen LogP contribution in [-0.2, 0) is 0 Å². The second-order valence-electron chi connectivity index (χ2n) is 4.45. The Bertz CT molecular complexity index is 571. The van der Waals surface area contributed by atoms with Crippen molar-refractivity contribution in [2.24, 2.45) is 0 Å². The summed E-state index contributed by atoms with van der Waals surface area (Å²) >= 11 is 0. The normalized spacial score (nSPS) is 10.8. The van der Waals surface area contributed by atoms with E-state index in [-0.39, 0.29) is 5.56 Å². The van der Waals surface area contributed by atoms with Crippen molar-refractivity contribution in [2.45, 2.75) is 26.7 Å². The van der Waals surface area contributed by atoms with Gasteiger partial charge in [0.25, 0.3) is 5.56 Å². The smallest absolute Gasteiger partial charge is 0.274 e. The third-order valence-corrected chi connectivity index (χ3v) is 2.73. The minimum atomic E-state index is -0.127. The largest absolute Gasteiger partial charge is 0.323 e. The van der Waals surface area contributed by atoms with E-state index >= 15 is 0 Å². The Labute approximate surface area is 101 Å². The van der Waals surface area contributed by atoms with Crippen LogP contribution in [0.5, 0.6) is 0 Å². The number of aromatic nitrogens is 2. The average molecular weight is 228 g/mol. The van der Waals surface area contributed by atoms with Crippen LogP contribution < -0.4 is 5.56 Å². The van der Waals surface area contributed by atoms with Crippen LogP contribution in [0.25, 0.3) is 11.3 Å². The summed E-state index contributed by atoms with van der Waals surface area (Å²) in [6, 6.07) is 9.54. The van der Waals surface area contributed by atoms with Gasteiger partial charge in [-0.2, -0.15) is 0 Å². The number of benzene rings is 1. The van der Waals surface area contributed by atoms with Gasteiger partial charge in [-0.1, -0.05) is 44.2 Å². The minimum absolute atomic E-state index is 0.127. The van der Waals surface area contributed by atoms with Gasteiger partial charge in [-0.25, -0.2) is 4.98 Å². The standard InChI is InChI=1S/C14H16N2O/c1-9(2)12-10(3)15-14(17)13(16-12)11-7-5-4-6-8-11/h4-9H,1-3H3,(H,15,17). The van der Waals surface area contributed by atoms with Gasteiger partial charge in [0.15, 0.2) is 0 Å². The van der Waals surface area contributed by atoms with Gasteiger partial charge in [-0.3, -0.25) is 4.79 Å². The van der Waals surface area contributed by atoms with Gasteiger partial charge in [0, 0.05) is 11.3 Å². The van der Waals surface area contributed by atoms with Crippen LogP contribution in [0.4, 0.5) is 0 Å². The lowest BCUT2D eigenvalue weighted by Crippen LogP contribution is -2.16. The molecular weight excluding hydrogens is 212 g/mol. The first kappa shape index (κ1) is 11.6. The van der Waals surface area contributed by atoms with Crippen LogP contribution in [0.2, 0.25) is 0 Å². The molecule has 0 spiro atoms.